The van der Waals surface area contributed by atoms with Crippen LogP contribution in [0.5, 0.6) is 5.75 Å². The van der Waals surface area contributed by atoms with Crippen LogP contribution in [0.1, 0.15) is 10.4 Å². The molecule has 1 aliphatic heterocycles. The maximum Gasteiger partial charge on any atom is 0.334 e. The summed E-state index contributed by atoms with van der Waals surface area (Å²) in [7, 11) is 0. The molecular formula is C15H17NO5. The van der Waals surface area contributed by atoms with E-state index in [2.05, 4.69) is 6.58 Å². The Morgan fingerprint density at radius 2 is 2.24 bits per heavy atom. The molecule has 0 radical (unpaired) electrons. The van der Waals surface area contributed by atoms with Crippen molar-refractivity contribution in [3.8, 4) is 5.75 Å². The zero-order chi connectivity index (χ0) is 15.2. The fourth-order valence-corrected chi connectivity index (χ4v) is 2.07. The number of morpholine rings is 1. The first-order chi connectivity index (χ1) is 10.1. The summed E-state index contributed by atoms with van der Waals surface area (Å²) in [6.45, 7) is 4.46. The van der Waals surface area contributed by atoms with Crippen LogP contribution in [0.15, 0.2) is 36.9 Å². The molecule has 0 aliphatic carbocycles. The number of nitrogens with zero attached hydrogens (tertiary/aromatic N) is 1. The molecule has 0 bridgehead atoms. The first-order valence-corrected chi connectivity index (χ1v) is 6.60. The van der Waals surface area contributed by atoms with Crippen molar-refractivity contribution in [3.63, 3.8) is 0 Å². The molecule has 112 valence electrons. The Balaban J connectivity index is 2.15. The number of ether oxygens (including phenoxy) is 2. The second-order valence-corrected chi connectivity index (χ2v) is 4.54. The van der Waals surface area contributed by atoms with Crippen LogP contribution in [0.25, 0.3) is 0 Å². The van der Waals surface area contributed by atoms with E-state index in [1.807, 2.05) is 0 Å². The third-order valence-electron chi connectivity index (χ3n) is 3.10. The lowest BCUT2D eigenvalue weighted by Crippen LogP contribution is -2.48. The van der Waals surface area contributed by atoms with Crippen molar-refractivity contribution in [2.75, 3.05) is 26.3 Å². The molecule has 1 atom stereocenters. The van der Waals surface area contributed by atoms with Crippen molar-refractivity contribution in [2.45, 2.75) is 6.10 Å². The number of carboxylic acids is 1. The largest absolute Gasteiger partial charge is 0.489 e. The SMILES string of the molecule is C=CCOc1ccccc1C(=O)N1CCOC(C(=O)O)C1. The number of benzene rings is 1. The van der Waals surface area contributed by atoms with Crippen molar-refractivity contribution in [1.29, 1.82) is 0 Å². The Morgan fingerprint density at radius 3 is 2.95 bits per heavy atom. The molecule has 1 amide bonds. The van der Waals surface area contributed by atoms with Gasteiger partial charge in [-0.05, 0) is 12.1 Å². The van der Waals surface area contributed by atoms with Crippen molar-refractivity contribution >= 4 is 11.9 Å². The van der Waals surface area contributed by atoms with Crippen LogP contribution in [0.2, 0.25) is 0 Å². The van der Waals surface area contributed by atoms with E-state index in [1.54, 1.807) is 30.3 Å². The van der Waals surface area contributed by atoms with Gasteiger partial charge in [-0.3, -0.25) is 4.79 Å². The highest BCUT2D eigenvalue weighted by atomic mass is 16.5. The van der Waals surface area contributed by atoms with Crippen LogP contribution in [-0.2, 0) is 9.53 Å². The van der Waals surface area contributed by atoms with Crippen LogP contribution in [-0.4, -0.2) is 54.3 Å². The Kier molecular flexibility index (Phi) is 4.94. The highest BCUT2D eigenvalue weighted by molar-refractivity contribution is 5.97. The maximum absolute atomic E-state index is 12.5. The fourth-order valence-electron chi connectivity index (χ4n) is 2.07. The number of carbonyl (C=O) groups excluding carboxylic acids is 1. The first kappa shape index (κ1) is 15.1. The van der Waals surface area contributed by atoms with E-state index >= 15 is 0 Å². The molecule has 0 aromatic heterocycles. The summed E-state index contributed by atoms with van der Waals surface area (Å²) in [6.07, 6.45) is 0.611. The maximum atomic E-state index is 12.5. The number of para-hydroxylation sites is 1. The molecule has 1 aromatic carbocycles. The van der Waals surface area contributed by atoms with E-state index in [0.717, 1.165) is 0 Å². The summed E-state index contributed by atoms with van der Waals surface area (Å²) < 4.78 is 10.6. The molecule has 6 nitrogen and oxygen atoms in total. The van der Waals surface area contributed by atoms with Gasteiger partial charge >= 0.3 is 5.97 Å². The summed E-state index contributed by atoms with van der Waals surface area (Å²) >= 11 is 0. The molecule has 21 heavy (non-hydrogen) atoms. The molecule has 1 saturated heterocycles. The van der Waals surface area contributed by atoms with Gasteiger partial charge in [0, 0.05) is 6.54 Å². The van der Waals surface area contributed by atoms with Gasteiger partial charge in [-0.15, -0.1) is 0 Å². The third kappa shape index (κ3) is 3.61. The summed E-state index contributed by atoms with van der Waals surface area (Å²) in [6, 6.07) is 6.87. The van der Waals surface area contributed by atoms with Gasteiger partial charge in [0.15, 0.2) is 6.10 Å². The molecule has 2 rings (SSSR count). The zero-order valence-corrected chi connectivity index (χ0v) is 11.5. The molecule has 1 fully saturated rings. The van der Waals surface area contributed by atoms with Gasteiger partial charge in [0.25, 0.3) is 5.91 Å². The summed E-state index contributed by atoms with van der Waals surface area (Å²) in [5.74, 6) is -0.867. The Labute approximate surface area is 122 Å². The number of rotatable bonds is 5. The molecule has 1 heterocycles. The molecule has 0 spiro atoms. The van der Waals surface area contributed by atoms with Crippen molar-refractivity contribution in [2.24, 2.45) is 0 Å². The lowest BCUT2D eigenvalue weighted by Gasteiger charge is -2.31. The number of hydrogen-bond donors (Lipinski definition) is 1. The average molecular weight is 291 g/mol. The minimum absolute atomic E-state index is 0.0317. The predicted octanol–water partition coefficient (Wildman–Crippen LogP) is 1.18. The van der Waals surface area contributed by atoms with Crippen LogP contribution in [0.3, 0.4) is 0 Å². The standard InChI is InChI=1S/C15H17NO5/c1-2-8-20-12-6-4-3-5-11(12)14(17)16-7-9-21-13(10-16)15(18)19/h2-6,13H,1,7-10H2,(H,18,19). The lowest BCUT2D eigenvalue weighted by molar-refractivity contribution is -0.154. The van der Waals surface area contributed by atoms with Crippen LogP contribution in [0, 0.1) is 0 Å². The van der Waals surface area contributed by atoms with Crippen molar-refractivity contribution < 1.29 is 24.2 Å². The van der Waals surface area contributed by atoms with Gasteiger partial charge in [0.05, 0.1) is 18.7 Å². The zero-order valence-electron chi connectivity index (χ0n) is 11.5. The number of amides is 1. The van der Waals surface area contributed by atoms with E-state index < -0.39 is 12.1 Å². The number of carboxylic acid groups (broad SMARTS) is 1. The van der Waals surface area contributed by atoms with Crippen molar-refractivity contribution in [1.82, 2.24) is 4.90 Å². The van der Waals surface area contributed by atoms with Gasteiger partial charge in [-0.25, -0.2) is 4.79 Å². The quantitative estimate of drug-likeness (QED) is 0.824. The second-order valence-electron chi connectivity index (χ2n) is 4.54. The van der Waals surface area contributed by atoms with E-state index in [-0.39, 0.29) is 19.1 Å². The van der Waals surface area contributed by atoms with E-state index in [4.69, 9.17) is 14.6 Å². The number of hydrogen-bond acceptors (Lipinski definition) is 4. The van der Waals surface area contributed by atoms with Gasteiger partial charge < -0.3 is 19.5 Å². The predicted molar refractivity (Wildman–Crippen MR) is 75.4 cm³/mol. The minimum Gasteiger partial charge on any atom is -0.489 e. The van der Waals surface area contributed by atoms with Crippen LogP contribution in [0.4, 0.5) is 0 Å². The normalized spacial score (nSPS) is 18.1. The highest BCUT2D eigenvalue weighted by Crippen LogP contribution is 2.21. The summed E-state index contributed by atoms with van der Waals surface area (Å²) in [5.41, 5.74) is 0.408. The Hall–Kier alpha value is -2.34. The van der Waals surface area contributed by atoms with Gasteiger partial charge in [-0.1, -0.05) is 24.8 Å². The minimum atomic E-state index is -1.07. The number of aliphatic carboxylic acids is 1. The first-order valence-electron chi connectivity index (χ1n) is 6.60. The number of carbonyl (C=O) groups is 2. The summed E-state index contributed by atoms with van der Waals surface area (Å²) in [4.78, 5) is 25.0. The van der Waals surface area contributed by atoms with Crippen LogP contribution < -0.4 is 4.74 Å². The smallest absolute Gasteiger partial charge is 0.334 e. The lowest BCUT2D eigenvalue weighted by atomic mass is 10.1. The van der Waals surface area contributed by atoms with Gasteiger partial charge in [-0.2, -0.15) is 0 Å². The van der Waals surface area contributed by atoms with E-state index in [9.17, 15) is 9.59 Å². The van der Waals surface area contributed by atoms with E-state index in [0.29, 0.717) is 24.5 Å². The van der Waals surface area contributed by atoms with Crippen molar-refractivity contribution in [3.05, 3.63) is 42.5 Å². The second kappa shape index (κ2) is 6.90. The monoisotopic (exact) mass is 291 g/mol. The molecule has 1 aromatic rings. The van der Waals surface area contributed by atoms with Gasteiger partial charge in [0.2, 0.25) is 0 Å². The molecule has 6 heteroatoms. The third-order valence-corrected chi connectivity index (χ3v) is 3.10. The van der Waals surface area contributed by atoms with Gasteiger partial charge in [0.1, 0.15) is 12.4 Å². The molecule has 1 unspecified atom stereocenters. The van der Waals surface area contributed by atoms with E-state index in [1.165, 1.54) is 4.90 Å². The fraction of sp³-hybridized carbons (Fsp3) is 0.333. The molecule has 1 N–H and O–H groups in total. The Bertz CT molecular complexity index is 543. The topological polar surface area (TPSA) is 76.1 Å². The molecule has 0 saturated carbocycles. The summed E-state index contributed by atoms with van der Waals surface area (Å²) in [5, 5.41) is 8.98. The molecular weight excluding hydrogens is 274 g/mol. The average Bonchev–Trinajstić information content (AvgIpc) is 2.52. The van der Waals surface area contributed by atoms with Crippen LogP contribution >= 0.6 is 0 Å². The Morgan fingerprint density at radius 1 is 1.48 bits per heavy atom. The molecule has 1 aliphatic rings. The highest BCUT2D eigenvalue weighted by Gasteiger charge is 2.30.